The van der Waals surface area contributed by atoms with Crippen molar-refractivity contribution in [3.63, 3.8) is 0 Å². The molecule has 2 rings (SSSR count). The van der Waals surface area contributed by atoms with Gasteiger partial charge in [-0.1, -0.05) is 0 Å². The Hall–Kier alpha value is -2.07. The number of hydrogen-bond donors (Lipinski definition) is 1. The number of sulfonamides is 1. The minimum absolute atomic E-state index is 0.00936. The molecule has 6 nitrogen and oxygen atoms in total. The Balaban J connectivity index is 1.73. The van der Waals surface area contributed by atoms with Crippen LogP contribution >= 0.6 is 11.8 Å². The number of carbonyl (C=O) groups is 1. The van der Waals surface area contributed by atoms with Gasteiger partial charge in [0.05, 0.1) is 24.0 Å². The highest BCUT2D eigenvalue weighted by atomic mass is 32.2. The van der Waals surface area contributed by atoms with E-state index in [0.29, 0.717) is 6.54 Å². The first-order valence-electron chi connectivity index (χ1n) is 8.57. The van der Waals surface area contributed by atoms with Crippen molar-refractivity contribution in [2.24, 2.45) is 0 Å². The van der Waals surface area contributed by atoms with E-state index < -0.39 is 21.7 Å². The molecule has 0 fully saturated rings. The fourth-order valence-corrected chi connectivity index (χ4v) is 4.14. The standard InChI is InChI=1S/C18H22F2N2O4S2/c1-28(24,25)22(14-6-7-16(19)17(20)12-14)9-2-5-18(23)21-8-11-27-13-15-4-3-10-26-15/h3-4,6-7,10,12H,2,5,8-9,11,13H2,1H3,(H,21,23). The molecule has 154 valence electrons. The predicted octanol–water partition coefficient (Wildman–Crippen LogP) is 3.15. The molecule has 0 saturated heterocycles. The van der Waals surface area contributed by atoms with Crippen LogP contribution in [0.3, 0.4) is 0 Å². The van der Waals surface area contributed by atoms with Crippen molar-refractivity contribution in [1.29, 1.82) is 0 Å². The average molecular weight is 433 g/mol. The van der Waals surface area contributed by atoms with E-state index in [4.69, 9.17) is 4.42 Å². The molecule has 1 amide bonds. The topological polar surface area (TPSA) is 79.6 Å². The van der Waals surface area contributed by atoms with Crippen LogP contribution in [0.1, 0.15) is 18.6 Å². The van der Waals surface area contributed by atoms with Crippen molar-refractivity contribution in [3.05, 3.63) is 54.0 Å². The number of rotatable bonds is 11. The molecule has 0 aliphatic heterocycles. The average Bonchev–Trinajstić information content (AvgIpc) is 3.13. The van der Waals surface area contributed by atoms with Crippen molar-refractivity contribution in [2.75, 3.05) is 29.4 Å². The summed E-state index contributed by atoms with van der Waals surface area (Å²) in [5.74, 6) is -0.0684. The van der Waals surface area contributed by atoms with Gasteiger partial charge in [-0.15, -0.1) is 0 Å². The second-order valence-corrected chi connectivity index (χ2v) is 9.03. The summed E-state index contributed by atoms with van der Waals surface area (Å²) in [6, 6.07) is 6.59. The van der Waals surface area contributed by atoms with Crippen LogP contribution in [0, 0.1) is 11.6 Å². The predicted molar refractivity (Wildman–Crippen MR) is 106 cm³/mol. The van der Waals surface area contributed by atoms with Gasteiger partial charge in [0.1, 0.15) is 5.76 Å². The van der Waals surface area contributed by atoms with Gasteiger partial charge in [-0.25, -0.2) is 17.2 Å². The maximum absolute atomic E-state index is 13.4. The molecule has 0 atom stereocenters. The number of halogens is 2. The van der Waals surface area contributed by atoms with Crippen molar-refractivity contribution in [1.82, 2.24) is 5.32 Å². The number of thioether (sulfide) groups is 1. The Bertz CT molecular complexity index is 874. The van der Waals surface area contributed by atoms with Gasteiger partial charge in [-0.3, -0.25) is 9.10 Å². The molecule has 28 heavy (non-hydrogen) atoms. The SMILES string of the molecule is CS(=O)(=O)N(CCCC(=O)NCCSCc1ccco1)c1ccc(F)c(F)c1. The minimum atomic E-state index is -3.69. The molecule has 1 N–H and O–H groups in total. The minimum Gasteiger partial charge on any atom is -0.468 e. The third kappa shape index (κ3) is 7.16. The highest BCUT2D eigenvalue weighted by molar-refractivity contribution is 7.98. The van der Waals surface area contributed by atoms with Gasteiger partial charge in [0, 0.05) is 31.3 Å². The van der Waals surface area contributed by atoms with Gasteiger partial charge in [-0.05, 0) is 30.7 Å². The largest absolute Gasteiger partial charge is 0.468 e. The normalized spacial score (nSPS) is 11.4. The first-order valence-corrected chi connectivity index (χ1v) is 11.6. The Morgan fingerprint density at radius 1 is 1.25 bits per heavy atom. The molecule has 0 aliphatic rings. The van der Waals surface area contributed by atoms with Gasteiger partial charge in [0.2, 0.25) is 15.9 Å². The smallest absolute Gasteiger partial charge is 0.232 e. The fraction of sp³-hybridized carbons (Fsp3) is 0.389. The number of furan rings is 1. The summed E-state index contributed by atoms with van der Waals surface area (Å²) in [6.07, 6.45) is 2.96. The molecule has 0 bridgehead atoms. The number of benzene rings is 1. The maximum atomic E-state index is 13.4. The number of carbonyl (C=O) groups excluding carboxylic acids is 1. The molecule has 0 radical (unpaired) electrons. The zero-order chi connectivity index (χ0) is 20.6. The zero-order valence-corrected chi connectivity index (χ0v) is 17.0. The second-order valence-electron chi connectivity index (χ2n) is 6.02. The van der Waals surface area contributed by atoms with E-state index in [-0.39, 0.29) is 31.0 Å². The molecule has 0 spiro atoms. The summed E-state index contributed by atoms with van der Waals surface area (Å²) in [5, 5.41) is 2.76. The van der Waals surface area contributed by atoms with E-state index in [0.717, 1.165) is 40.0 Å². The van der Waals surface area contributed by atoms with Crippen LogP contribution in [0.5, 0.6) is 0 Å². The van der Waals surface area contributed by atoms with Crippen molar-refractivity contribution >= 4 is 33.4 Å². The molecule has 1 aromatic heterocycles. The first kappa shape index (κ1) is 22.2. The van der Waals surface area contributed by atoms with Crippen molar-refractivity contribution in [2.45, 2.75) is 18.6 Å². The molecule has 0 saturated carbocycles. The lowest BCUT2D eigenvalue weighted by atomic mass is 10.2. The lowest BCUT2D eigenvalue weighted by Crippen LogP contribution is -2.32. The molecule has 1 heterocycles. The van der Waals surface area contributed by atoms with Crippen LogP contribution in [0.15, 0.2) is 41.0 Å². The van der Waals surface area contributed by atoms with Gasteiger partial charge in [0.25, 0.3) is 0 Å². The summed E-state index contributed by atoms with van der Waals surface area (Å²) in [7, 11) is -3.69. The summed E-state index contributed by atoms with van der Waals surface area (Å²) in [6.45, 7) is 0.480. The lowest BCUT2D eigenvalue weighted by molar-refractivity contribution is -0.121. The fourth-order valence-electron chi connectivity index (χ4n) is 2.43. The Labute approximate surface area is 167 Å². The van der Waals surface area contributed by atoms with Crippen LogP contribution < -0.4 is 9.62 Å². The number of amides is 1. The molecule has 0 unspecified atom stereocenters. The maximum Gasteiger partial charge on any atom is 0.232 e. The van der Waals surface area contributed by atoms with E-state index in [9.17, 15) is 22.0 Å². The van der Waals surface area contributed by atoms with Crippen molar-refractivity contribution < 1.29 is 26.4 Å². The van der Waals surface area contributed by atoms with Gasteiger partial charge in [0.15, 0.2) is 11.6 Å². The van der Waals surface area contributed by atoms with Gasteiger partial charge in [-0.2, -0.15) is 11.8 Å². The number of anilines is 1. The highest BCUT2D eigenvalue weighted by Gasteiger charge is 2.19. The van der Waals surface area contributed by atoms with E-state index in [1.807, 2.05) is 12.1 Å². The summed E-state index contributed by atoms with van der Waals surface area (Å²) < 4.78 is 56.5. The summed E-state index contributed by atoms with van der Waals surface area (Å²) in [4.78, 5) is 11.9. The van der Waals surface area contributed by atoms with Crippen molar-refractivity contribution in [3.8, 4) is 0 Å². The Morgan fingerprint density at radius 2 is 2.04 bits per heavy atom. The number of nitrogens with zero attached hydrogens (tertiary/aromatic N) is 1. The molecule has 0 aliphatic carbocycles. The van der Waals surface area contributed by atoms with E-state index >= 15 is 0 Å². The summed E-state index contributed by atoms with van der Waals surface area (Å²) >= 11 is 1.62. The van der Waals surface area contributed by atoms with Crippen LogP contribution in [0.25, 0.3) is 0 Å². The van der Waals surface area contributed by atoms with Crippen LogP contribution in [0.4, 0.5) is 14.5 Å². The highest BCUT2D eigenvalue weighted by Crippen LogP contribution is 2.21. The van der Waals surface area contributed by atoms with E-state index in [2.05, 4.69) is 5.32 Å². The Kier molecular flexibility index (Phi) is 8.31. The quantitative estimate of drug-likeness (QED) is 0.552. The monoisotopic (exact) mass is 432 g/mol. The van der Waals surface area contributed by atoms with E-state index in [1.165, 1.54) is 6.07 Å². The van der Waals surface area contributed by atoms with Gasteiger partial charge >= 0.3 is 0 Å². The van der Waals surface area contributed by atoms with Crippen LogP contribution in [-0.2, 0) is 20.6 Å². The molecular formula is C18H22F2N2O4S2. The Morgan fingerprint density at radius 3 is 2.68 bits per heavy atom. The molecule has 1 aromatic carbocycles. The molecular weight excluding hydrogens is 410 g/mol. The second kappa shape index (κ2) is 10.5. The van der Waals surface area contributed by atoms with E-state index in [1.54, 1.807) is 18.0 Å². The third-order valence-electron chi connectivity index (χ3n) is 3.75. The third-order valence-corrected chi connectivity index (χ3v) is 5.93. The zero-order valence-electron chi connectivity index (χ0n) is 15.4. The molecule has 2 aromatic rings. The van der Waals surface area contributed by atoms with Crippen LogP contribution in [-0.4, -0.2) is 39.4 Å². The molecule has 10 heteroatoms. The number of hydrogen-bond acceptors (Lipinski definition) is 5. The first-order chi connectivity index (χ1) is 13.3. The van der Waals surface area contributed by atoms with Crippen LogP contribution in [0.2, 0.25) is 0 Å². The number of nitrogens with one attached hydrogen (secondary N) is 1. The lowest BCUT2D eigenvalue weighted by Gasteiger charge is -2.22. The summed E-state index contributed by atoms with van der Waals surface area (Å²) in [5.41, 5.74) is 0.0242. The van der Waals surface area contributed by atoms with Gasteiger partial charge < -0.3 is 9.73 Å².